The fourth-order valence-corrected chi connectivity index (χ4v) is 2.18. The lowest BCUT2D eigenvalue weighted by Gasteiger charge is -2.20. The topological polar surface area (TPSA) is 79.5 Å². The summed E-state index contributed by atoms with van der Waals surface area (Å²) in [6.45, 7) is 3.70. The molecule has 0 aliphatic rings. The third-order valence-electron chi connectivity index (χ3n) is 3.74. The Kier molecular flexibility index (Phi) is 4.99. The van der Waals surface area contributed by atoms with Gasteiger partial charge in [-0.2, -0.15) is 0 Å². The van der Waals surface area contributed by atoms with Crippen molar-refractivity contribution in [3.05, 3.63) is 48.4 Å². The van der Waals surface area contributed by atoms with Crippen molar-refractivity contribution in [2.45, 2.75) is 26.3 Å². The molecule has 116 valence electrons. The standard InChI is InChI=1S/C17H19NO4/c1-3-11(2)15(17(20)21)18-16(19)13-6-4-5-12(9-13)14-7-8-22-10-14/h4-11,15H,3H2,1-2H3,(H,18,19)(H,20,21)/t11-,15-/m0/s1. The first-order valence-electron chi connectivity index (χ1n) is 7.19. The molecule has 1 aromatic carbocycles. The van der Waals surface area contributed by atoms with Crippen LogP contribution < -0.4 is 5.32 Å². The van der Waals surface area contributed by atoms with Crippen LogP contribution in [-0.2, 0) is 4.79 Å². The number of carbonyl (C=O) groups excluding carboxylic acids is 1. The molecule has 0 saturated heterocycles. The number of aliphatic carboxylic acids is 1. The largest absolute Gasteiger partial charge is 0.480 e. The maximum absolute atomic E-state index is 12.3. The summed E-state index contributed by atoms with van der Waals surface area (Å²) in [6.07, 6.45) is 3.83. The van der Waals surface area contributed by atoms with Gasteiger partial charge in [-0.1, -0.05) is 32.4 Å². The molecule has 0 aliphatic heterocycles. The SMILES string of the molecule is CC[C@H](C)[C@H](NC(=O)c1cccc(-c2ccoc2)c1)C(=O)O. The zero-order chi connectivity index (χ0) is 16.1. The number of rotatable bonds is 6. The summed E-state index contributed by atoms with van der Waals surface area (Å²) in [4.78, 5) is 23.6. The molecule has 5 nitrogen and oxygen atoms in total. The van der Waals surface area contributed by atoms with Crippen molar-refractivity contribution in [1.29, 1.82) is 0 Å². The van der Waals surface area contributed by atoms with E-state index in [1.165, 1.54) is 0 Å². The monoisotopic (exact) mass is 301 g/mol. The van der Waals surface area contributed by atoms with Crippen LogP contribution in [0.5, 0.6) is 0 Å². The highest BCUT2D eigenvalue weighted by atomic mass is 16.4. The van der Waals surface area contributed by atoms with E-state index in [4.69, 9.17) is 4.42 Å². The molecule has 2 N–H and O–H groups in total. The fraction of sp³-hybridized carbons (Fsp3) is 0.294. The van der Waals surface area contributed by atoms with E-state index >= 15 is 0 Å². The van der Waals surface area contributed by atoms with Gasteiger partial charge in [-0.05, 0) is 29.7 Å². The van der Waals surface area contributed by atoms with E-state index in [0.29, 0.717) is 12.0 Å². The Hall–Kier alpha value is -2.56. The molecule has 2 atom stereocenters. The Bertz CT molecular complexity index is 648. The molecule has 2 rings (SSSR count). The molecular weight excluding hydrogens is 282 g/mol. The predicted octanol–water partition coefficient (Wildman–Crippen LogP) is 3.18. The van der Waals surface area contributed by atoms with E-state index in [9.17, 15) is 14.7 Å². The van der Waals surface area contributed by atoms with Crippen LogP contribution in [-0.4, -0.2) is 23.0 Å². The summed E-state index contributed by atoms with van der Waals surface area (Å²) in [5.74, 6) is -1.55. The summed E-state index contributed by atoms with van der Waals surface area (Å²) in [5, 5.41) is 11.8. The van der Waals surface area contributed by atoms with Crippen molar-refractivity contribution in [2.24, 2.45) is 5.92 Å². The Morgan fingerprint density at radius 3 is 2.64 bits per heavy atom. The lowest BCUT2D eigenvalue weighted by atomic mass is 9.98. The van der Waals surface area contributed by atoms with Crippen molar-refractivity contribution in [3.63, 3.8) is 0 Å². The highest BCUT2D eigenvalue weighted by molar-refractivity contribution is 5.97. The second-order valence-electron chi connectivity index (χ2n) is 5.27. The van der Waals surface area contributed by atoms with Gasteiger partial charge in [-0.3, -0.25) is 4.79 Å². The molecule has 0 unspecified atom stereocenters. The van der Waals surface area contributed by atoms with Crippen LogP contribution in [0.2, 0.25) is 0 Å². The van der Waals surface area contributed by atoms with E-state index in [-0.39, 0.29) is 5.92 Å². The van der Waals surface area contributed by atoms with Gasteiger partial charge in [-0.25, -0.2) is 4.79 Å². The molecule has 22 heavy (non-hydrogen) atoms. The summed E-state index contributed by atoms with van der Waals surface area (Å²) in [6, 6.07) is 7.91. The first-order chi connectivity index (χ1) is 10.5. The molecule has 0 fully saturated rings. The van der Waals surface area contributed by atoms with Gasteiger partial charge >= 0.3 is 5.97 Å². The van der Waals surface area contributed by atoms with Gasteiger partial charge < -0.3 is 14.8 Å². The van der Waals surface area contributed by atoms with Crippen LogP contribution in [0.25, 0.3) is 11.1 Å². The number of hydrogen-bond acceptors (Lipinski definition) is 3. The van der Waals surface area contributed by atoms with Gasteiger partial charge in [0.05, 0.1) is 12.5 Å². The lowest BCUT2D eigenvalue weighted by molar-refractivity contribution is -0.140. The smallest absolute Gasteiger partial charge is 0.326 e. The Balaban J connectivity index is 2.19. The van der Waals surface area contributed by atoms with E-state index in [0.717, 1.165) is 11.1 Å². The molecule has 5 heteroatoms. The highest BCUT2D eigenvalue weighted by Crippen LogP contribution is 2.21. The second kappa shape index (κ2) is 6.93. The third-order valence-corrected chi connectivity index (χ3v) is 3.74. The lowest BCUT2D eigenvalue weighted by Crippen LogP contribution is -2.45. The zero-order valence-electron chi connectivity index (χ0n) is 12.6. The zero-order valence-corrected chi connectivity index (χ0v) is 12.6. The van der Waals surface area contributed by atoms with Crippen molar-refractivity contribution in [2.75, 3.05) is 0 Å². The van der Waals surface area contributed by atoms with Crippen LogP contribution in [0.3, 0.4) is 0 Å². The average Bonchev–Trinajstić information content (AvgIpc) is 3.06. The molecule has 0 aliphatic carbocycles. The minimum Gasteiger partial charge on any atom is -0.480 e. The van der Waals surface area contributed by atoms with Gasteiger partial charge in [0, 0.05) is 11.1 Å². The number of furan rings is 1. The number of nitrogens with one attached hydrogen (secondary N) is 1. The van der Waals surface area contributed by atoms with Gasteiger partial charge in [0.15, 0.2) is 0 Å². The van der Waals surface area contributed by atoms with E-state index < -0.39 is 17.9 Å². The molecule has 1 amide bonds. The number of carbonyl (C=O) groups is 2. The first-order valence-corrected chi connectivity index (χ1v) is 7.19. The minimum atomic E-state index is -1.02. The summed E-state index contributed by atoms with van der Waals surface area (Å²) in [5.41, 5.74) is 2.14. The Labute approximate surface area is 129 Å². The number of hydrogen-bond donors (Lipinski definition) is 2. The van der Waals surface area contributed by atoms with E-state index in [1.54, 1.807) is 43.7 Å². The van der Waals surface area contributed by atoms with E-state index in [2.05, 4.69) is 5.32 Å². The first kappa shape index (κ1) is 15.8. The molecule has 0 spiro atoms. The summed E-state index contributed by atoms with van der Waals surface area (Å²) in [7, 11) is 0. The Morgan fingerprint density at radius 1 is 1.27 bits per heavy atom. The molecule has 0 bridgehead atoms. The van der Waals surface area contributed by atoms with Gasteiger partial charge in [0.2, 0.25) is 0 Å². The highest BCUT2D eigenvalue weighted by Gasteiger charge is 2.25. The average molecular weight is 301 g/mol. The number of amides is 1. The van der Waals surface area contributed by atoms with E-state index in [1.807, 2.05) is 13.0 Å². The molecule has 1 heterocycles. The quantitative estimate of drug-likeness (QED) is 0.859. The molecular formula is C17H19NO4. The van der Waals surface area contributed by atoms with Crippen molar-refractivity contribution in [1.82, 2.24) is 5.32 Å². The summed E-state index contributed by atoms with van der Waals surface area (Å²) < 4.78 is 5.03. The number of benzene rings is 1. The van der Waals surface area contributed by atoms with Crippen molar-refractivity contribution in [3.8, 4) is 11.1 Å². The molecule has 0 saturated carbocycles. The van der Waals surface area contributed by atoms with Gasteiger partial charge in [-0.15, -0.1) is 0 Å². The van der Waals surface area contributed by atoms with Crippen molar-refractivity contribution >= 4 is 11.9 Å². The van der Waals surface area contributed by atoms with Crippen molar-refractivity contribution < 1.29 is 19.1 Å². The maximum Gasteiger partial charge on any atom is 0.326 e. The second-order valence-corrected chi connectivity index (χ2v) is 5.27. The minimum absolute atomic E-state index is 0.140. The fourth-order valence-electron chi connectivity index (χ4n) is 2.18. The van der Waals surface area contributed by atoms with Crippen LogP contribution in [0.15, 0.2) is 47.3 Å². The van der Waals surface area contributed by atoms with Gasteiger partial charge in [0.25, 0.3) is 5.91 Å². The predicted molar refractivity (Wildman–Crippen MR) is 82.5 cm³/mol. The number of carboxylic acids is 1. The normalized spacial score (nSPS) is 13.4. The van der Waals surface area contributed by atoms with Gasteiger partial charge in [0.1, 0.15) is 6.04 Å². The maximum atomic E-state index is 12.3. The third kappa shape index (κ3) is 3.55. The van der Waals surface area contributed by atoms with Crippen LogP contribution in [0.4, 0.5) is 0 Å². The number of carboxylic acid groups (broad SMARTS) is 1. The van der Waals surface area contributed by atoms with Crippen LogP contribution in [0.1, 0.15) is 30.6 Å². The van der Waals surface area contributed by atoms with Crippen LogP contribution >= 0.6 is 0 Å². The van der Waals surface area contributed by atoms with Crippen LogP contribution in [0, 0.1) is 5.92 Å². The molecule has 0 radical (unpaired) electrons. The summed E-state index contributed by atoms with van der Waals surface area (Å²) >= 11 is 0. The Morgan fingerprint density at radius 2 is 2.05 bits per heavy atom. The molecule has 1 aromatic heterocycles. The molecule has 2 aromatic rings.